The molecule has 0 radical (unpaired) electrons. The molecule has 2 aromatic carbocycles. The van der Waals surface area contributed by atoms with Gasteiger partial charge in [-0.05, 0) is 30.7 Å². The van der Waals surface area contributed by atoms with E-state index in [2.05, 4.69) is 15.3 Å². The standard InChI is InChI=1S/C21H21ClN4O3/c1-14-6-7-15(12-18(14)22)23-19(27)13-26-21(28)17-5-3-2-4-16(17)20(24-26)25-8-10-29-11-9-25/h2-7,12H,8-11,13H2,1H3,(H,23,27). The Morgan fingerprint density at radius 3 is 2.62 bits per heavy atom. The number of carbonyl (C=O) groups is 1. The van der Waals surface area contributed by atoms with Crippen molar-refractivity contribution in [1.29, 1.82) is 0 Å². The summed E-state index contributed by atoms with van der Waals surface area (Å²) in [4.78, 5) is 27.6. The number of hydrogen-bond donors (Lipinski definition) is 1. The third kappa shape index (κ3) is 4.11. The fraction of sp³-hybridized carbons (Fsp3) is 0.286. The molecule has 2 heterocycles. The summed E-state index contributed by atoms with van der Waals surface area (Å²) >= 11 is 6.12. The maximum absolute atomic E-state index is 12.9. The van der Waals surface area contributed by atoms with Crippen LogP contribution in [0.2, 0.25) is 5.02 Å². The number of morpholine rings is 1. The molecule has 7 nitrogen and oxygen atoms in total. The zero-order chi connectivity index (χ0) is 20.4. The number of ether oxygens (including phenoxy) is 1. The summed E-state index contributed by atoms with van der Waals surface area (Å²) in [6.07, 6.45) is 0. The third-order valence-electron chi connectivity index (χ3n) is 4.91. The Bertz CT molecular complexity index is 1120. The number of aryl methyl sites for hydroxylation is 1. The fourth-order valence-electron chi connectivity index (χ4n) is 3.34. The lowest BCUT2D eigenvalue weighted by Crippen LogP contribution is -2.39. The molecule has 1 saturated heterocycles. The van der Waals surface area contributed by atoms with Gasteiger partial charge in [0.2, 0.25) is 5.91 Å². The number of fused-ring (bicyclic) bond motifs is 1. The molecule has 1 fully saturated rings. The van der Waals surface area contributed by atoms with Crippen molar-refractivity contribution in [2.24, 2.45) is 0 Å². The second-order valence-electron chi connectivity index (χ2n) is 6.94. The molecular formula is C21H21ClN4O3. The highest BCUT2D eigenvalue weighted by molar-refractivity contribution is 6.31. The average molecular weight is 413 g/mol. The summed E-state index contributed by atoms with van der Waals surface area (Å²) in [5.41, 5.74) is 1.20. The van der Waals surface area contributed by atoms with E-state index < -0.39 is 0 Å². The Balaban J connectivity index is 1.65. The van der Waals surface area contributed by atoms with Crippen LogP contribution in [0.15, 0.2) is 47.3 Å². The molecular weight excluding hydrogens is 392 g/mol. The quantitative estimate of drug-likeness (QED) is 0.713. The summed E-state index contributed by atoms with van der Waals surface area (Å²) in [5, 5.41) is 9.19. The van der Waals surface area contributed by atoms with E-state index in [1.165, 1.54) is 4.68 Å². The van der Waals surface area contributed by atoms with E-state index in [0.29, 0.717) is 48.2 Å². The molecule has 1 amide bonds. The largest absolute Gasteiger partial charge is 0.378 e. The Kier molecular flexibility index (Phi) is 5.51. The van der Waals surface area contributed by atoms with Crippen molar-refractivity contribution < 1.29 is 9.53 Å². The Morgan fingerprint density at radius 2 is 1.90 bits per heavy atom. The molecule has 0 unspecified atom stereocenters. The maximum atomic E-state index is 12.9. The van der Waals surface area contributed by atoms with E-state index in [1.54, 1.807) is 18.2 Å². The number of halogens is 1. The molecule has 1 N–H and O–H groups in total. The SMILES string of the molecule is Cc1ccc(NC(=O)Cn2nc(N3CCOCC3)c3ccccc3c2=O)cc1Cl. The maximum Gasteiger partial charge on any atom is 0.275 e. The van der Waals surface area contributed by atoms with Crippen LogP contribution in [0.1, 0.15) is 5.56 Å². The molecule has 1 aromatic heterocycles. The van der Waals surface area contributed by atoms with Crippen LogP contribution >= 0.6 is 11.6 Å². The second-order valence-corrected chi connectivity index (χ2v) is 7.35. The summed E-state index contributed by atoms with van der Waals surface area (Å²) in [5.74, 6) is 0.345. The van der Waals surface area contributed by atoms with Crippen molar-refractivity contribution in [3.05, 3.63) is 63.4 Å². The minimum atomic E-state index is -0.345. The molecule has 1 aliphatic heterocycles. The summed E-state index contributed by atoms with van der Waals surface area (Å²) < 4.78 is 6.64. The molecule has 0 aliphatic carbocycles. The minimum Gasteiger partial charge on any atom is -0.378 e. The molecule has 0 spiro atoms. The first-order valence-corrected chi connectivity index (χ1v) is 9.79. The first kappa shape index (κ1) is 19.4. The molecule has 29 heavy (non-hydrogen) atoms. The monoisotopic (exact) mass is 412 g/mol. The highest BCUT2D eigenvalue weighted by Gasteiger charge is 2.19. The van der Waals surface area contributed by atoms with Crippen molar-refractivity contribution in [3.63, 3.8) is 0 Å². The van der Waals surface area contributed by atoms with Crippen LogP contribution in [-0.4, -0.2) is 42.0 Å². The number of amides is 1. The lowest BCUT2D eigenvalue weighted by molar-refractivity contribution is -0.117. The van der Waals surface area contributed by atoms with Crippen molar-refractivity contribution in [2.75, 3.05) is 36.5 Å². The van der Waals surface area contributed by atoms with Gasteiger partial charge in [-0.15, -0.1) is 0 Å². The number of anilines is 2. The van der Waals surface area contributed by atoms with Gasteiger partial charge in [-0.1, -0.05) is 35.9 Å². The van der Waals surface area contributed by atoms with Gasteiger partial charge < -0.3 is 15.0 Å². The topological polar surface area (TPSA) is 76.5 Å². The highest BCUT2D eigenvalue weighted by Crippen LogP contribution is 2.23. The number of hydrogen-bond acceptors (Lipinski definition) is 5. The van der Waals surface area contributed by atoms with Crippen molar-refractivity contribution >= 4 is 39.8 Å². The number of carbonyl (C=O) groups excluding carboxylic acids is 1. The van der Waals surface area contributed by atoms with Crippen LogP contribution in [0, 0.1) is 6.92 Å². The lowest BCUT2D eigenvalue weighted by atomic mass is 10.1. The van der Waals surface area contributed by atoms with Gasteiger partial charge in [0.25, 0.3) is 5.56 Å². The molecule has 0 saturated carbocycles. The van der Waals surface area contributed by atoms with Crippen LogP contribution in [0.5, 0.6) is 0 Å². The van der Waals surface area contributed by atoms with E-state index in [0.717, 1.165) is 10.9 Å². The van der Waals surface area contributed by atoms with Gasteiger partial charge in [0.1, 0.15) is 6.54 Å². The van der Waals surface area contributed by atoms with E-state index in [1.807, 2.05) is 31.2 Å². The second kappa shape index (κ2) is 8.23. The lowest BCUT2D eigenvalue weighted by Gasteiger charge is -2.29. The van der Waals surface area contributed by atoms with Gasteiger partial charge in [0, 0.05) is 29.2 Å². The van der Waals surface area contributed by atoms with Gasteiger partial charge >= 0.3 is 0 Å². The predicted octanol–water partition coefficient (Wildman–Crippen LogP) is 2.83. The number of rotatable bonds is 4. The van der Waals surface area contributed by atoms with E-state index >= 15 is 0 Å². The van der Waals surface area contributed by atoms with Crippen LogP contribution in [0.3, 0.4) is 0 Å². The molecule has 8 heteroatoms. The zero-order valence-electron chi connectivity index (χ0n) is 16.0. The van der Waals surface area contributed by atoms with Gasteiger partial charge in [-0.2, -0.15) is 5.10 Å². The minimum absolute atomic E-state index is 0.188. The summed E-state index contributed by atoms with van der Waals surface area (Å²) in [6.45, 7) is 4.27. The summed E-state index contributed by atoms with van der Waals surface area (Å²) in [6, 6.07) is 12.6. The smallest absolute Gasteiger partial charge is 0.275 e. The number of nitrogens with zero attached hydrogens (tertiary/aromatic N) is 3. The Morgan fingerprint density at radius 1 is 1.17 bits per heavy atom. The van der Waals surface area contributed by atoms with Crippen molar-refractivity contribution in [3.8, 4) is 0 Å². The zero-order valence-corrected chi connectivity index (χ0v) is 16.8. The molecule has 4 rings (SSSR count). The van der Waals surface area contributed by atoms with Crippen molar-refractivity contribution in [1.82, 2.24) is 9.78 Å². The average Bonchev–Trinajstić information content (AvgIpc) is 2.73. The first-order valence-electron chi connectivity index (χ1n) is 9.41. The summed E-state index contributed by atoms with van der Waals surface area (Å²) in [7, 11) is 0. The molecule has 1 aliphatic rings. The van der Waals surface area contributed by atoms with Gasteiger partial charge in [-0.3, -0.25) is 9.59 Å². The van der Waals surface area contributed by atoms with E-state index in [4.69, 9.17) is 16.3 Å². The fourth-order valence-corrected chi connectivity index (χ4v) is 3.52. The van der Waals surface area contributed by atoms with Crippen LogP contribution in [-0.2, 0) is 16.1 Å². The van der Waals surface area contributed by atoms with Gasteiger partial charge in [-0.25, -0.2) is 4.68 Å². The Labute approximate surface area is 172 Å². The van der Waals surface area contributed by atoms with E-state index in [-0.39, 0.29) is 18.0 Å². The van der Waals surface area contributed by atoms with Crippen molar-refractivity contribution in [2.45, 2.75) is 13.5 Å². The van der Waals surface area contributed by atoms with Crippen LogP contribution in [0.4, 0.5) is 11.5 Å². The normalized spacial score (nSPS) is 14.2. The van der Waals surface area contributed by atoms with E-state index in [9.17, 15) is 9.59 Å². The molecule has 0 bridgehead atoms. The number of benzene rings is 2. The Hall–Kier alpha value is -2.90. The first-order chi connectivity index (χ1) is 14.0. The molecule has 0 atom stereocenters. The number of nitrogens with one attached hydrogen (secondary N) is 1. The molecule has 3 aromatic rings. The third-order valence-corrected chi connectivity index (χ3v) is 5.32. The van der Waals surface area contributed by atoms with Crippen LogP contribution < -0.4 is 15.8 Å². The predicted molar refractivity (Wildman–Crippen MR) is 114 cm³/mol. The van der Waals surface area contributed by atoms with Gasteiger partial charge in [0.15, 0.2) is 5.82 Å². The number of aromatic nitrogens is 2. The van der Waals surface area contributed by atoms with Crippen LogP contribution in [0.25, 0.3) is 10.8 Å². The highest BCUT2D eigenvalue weighted by atomic mass is 35.5. The van der Waals surface area contributed by atoms with Gasteiger partial charge in [0.05, 0.1) is 18.6 Å². The molecule has 150 valence electrons.